The second-order valence-electron chi connectivity index (χ2n) is 10.6. The van der Waals surface area contributed by atoms with Crippen LogP contribution in [0.15, 0.2) is 53.6 Å². The summed E-state index contributed by atoms with van der Waals surface area (Å²) in [5.74, 6) is 0.564. The van der Waals surface area contributed by atoms with Crippen LogP contribution in [0.3, 0.4) is 0 Å². The number of piperazine rings is 1. The fourth-order valence-electron chi connectivity index (χ4n) is 5.47. The molecule has 1 aliphatic heterocycles. The van der Waals surface area contributed by atoms with Gasteiger partial charge in [0, 0.05) is 69.7 Å². The molecule has 1 aliphatic rings. The third-order valence-corrected chi connectivity index (χ3v) is 7.73. The number of methoxy groups -OCH3 is 1. The van der Waals surface area contributed by atoms with E-state index in [1.54, 1.807) is 49.2 Å². The lowest BCUT2D eigenvalue weighted by atomic mass is 10.1. The van der Waals surface area contributed by atoms with E-state index in [1.807, 2.05) is 28.9 Å². The standard InChI is InChI=1S/C30H33F2N7O5/c1-18-16-37(9-10-38(18)19(2)40)29-33-14-23(15-34-29)21-6-7-24-25(12-21)39(36(3)27(24)41)17-22-11-20(13-35-30(42)43-4)5-8-26(22)44-28(31)32/h5-8,11-12,14-15,18,28H,9-10,13,16-17H2,1-4H3,(H,35,42). The summed E-state index contributed by atoms with van der Waals surface area (Å²) in [6.45, 7) is 2.50. The average molecular weight is 610 g/mol. The van der Waals surface area contributed by atoms with Crippen LogP contribution in [0.4, 0.5) is 19.5 Å². The second-order valence-corrected chi connectivity index (χ2v) is 10.6. The highest BCUT2D eigenvalue weighted by Gasteiger charge is 2.26. The number of hydrogen-bond acceptors (Lipinski definition) is 8. The zero-order valence-corrected chi connectivity index (χ0v) is 24.8. The number of fused-ring (bicyclic) bond motifs is 1. The smallest absolute Gasteiger partial charge is 0.407 e. The largest absolute Gasteiger partial charge is 0.453 e. The molecule has 2 amide bonds. The normalized spacial score (nSPS) is 15.1. The minimum atomic E-state index is -3.05. The third-order valence-electron chi connectivity index (χ3n) is 7.73. The maximum atomic E-state index is 13.2. The SMILES string of the molecule is COC(=O)NCc1ccc(OC(F)F)c(Cn2c3cc(-c4cnc(N5CCN(C(C)=O)C(C)C5)nc4)ccc3c(=O)n2C)c1. The first-order chi connectivity index (χ1) is 21.0. The summed E-state index contributed by atoms with van der Waals surface area (Å²) in [5, 5.41) is 3.01. The number of rotatable bonds is 8. The van der Waals surface area contributed by atoms with Gasteiger partial charge in [-0.05, 0) is 42.3 Å². The highest BCUT2D eigenvalue weighted by atomic mass is 19.3. The van der Waals surface area contributed by atoms with E-state index >= 15 is 0 Å². The van der Waals surface area contributed by atoms with Crippen LogP contribution in [-0.2, 0) is 29.7 Å². The molecule has 0 spiro atoms. The molecule has 1 N–H and O–H groups in total. The Hall–Kier alpha value is -5.01. The summed E-state index contributed by atoms with van der Waals surface area (Å²) in [5.41, 5.74) is 2.83. The monoisotopic (exact) mass is 609 g/mol. The van der Waals surface area contributed by atoms with Crippen molar-refractivity contribution >= 4 is 28.9 Å². The summed E-state index contributed by atoms with van der Waals surface area (Å²) < 4.78 is 39.0. The molecule has 232 valence electrons. The maximum Gasteiger partial charge on any atom is 0.407 e. The summed E-state index contributed by atoms with van der Waals surface area (Å²) in [6.07, 6.45) is 2.79. The molecule has 1 fully saturated rings. The van der Waals surface area contributed by atoms with Crippen LogP contribution in [0.5, 0.6) is 5.75 Å². The number of carbonyl (C=O) groups excluding carboxylic acids is 2. The number of nitrogens with zero attached hydrogens (tertiary/aromatic N) is 6. The third kappa shape index (κ3) is 6.33. The highest BCUT2D eigenvalue weighted by molar-refractivity contribution is 5.84. The van der Waals surface area contributed by atoms with Crippen molar-refractivity contribution in [2.75, 3.05) is 31.6 Å². The topological polar surface area (TPSA) is 124 Å². The Morgan fingerprint density at radius 3 is 2.50 bits per heavy atom. The van der Waals surface area contributed by atoms with Gasteiger partial charge in [-0.3, -0.25) is 19.0 Å². The first kappa shape index (κ1) is 30.4. The molecule has 44 heavy (non-hydrogen) atoms. The van der Waals surface area contributed by atoms with E-state index in [1.165, 1.54) is 17.9 Å². The van der Waals surface area contributed by atoms with Crippen LogP contribution in [0.25, 0.3) is 22.0 Å². The molecule has 0 aliphatic carbocycles. The van der Waals surface area contributed by atoms with Gasteiger partial charge < -0.3 is 24.6 Å². The van der Waals surface area contributed by atoms with Gasteiger partial charge in [0.1, 0.15) is 5.75 Å². The van der Waals surface area contributed by atoms with Gasteiger partial charge in [-0.2, -0.15) is 8.78 Å². The van der Waals surface area contributed by atoms with Crippen molar-refractivity contribution in [2.45, 2.75) is 39.6 Å². The summed E-state index contributed by atoms with van der Waals surface area (Å²) >= 11 is 0. The van der Waals surface area contributed by atoms with E-state index in [4.69, 9.17) is 4.74 Å². The number of anilines is 1. The lowest BCUT2D eigenvalue weighted by Gasteiger charge is -2.39. The van der Waals surface area contributed by atoms with Gasteiger partial charge in [-0.15, -0.1) is 0 Å². The lowest BCUT2D eigenvalue weighted by Crippen LogP contribution is -2.53. The van der Waals surface area contributed by atoms with E-state index in [9.17, 15) is 23.2 Å². The van der Waals surface area contributed by atoms with Crippen molar-refractivity contribution in [3.63, 3.8) is 0 Å². The molecule has 5 rings (SSSR count). The molecule has 12 nitrogen and oxygen atoms in total. The minimum absolute atomic E-state index is 0.0344. The van der Waals surface area contributed by atoms with Crippen LogP contribution < -0.4 is 20.5 Å². The minimum Gasteiger partial charge on any atom is -0.453 e. The molecule has 0 saturated carbocycles. The van der Waals surface area contributed by atoms with Crippen LogP contribution in [0.2, 0.25) is 0 Å². The fraction of sp³-hybridized carbons (Fsp3) is 0.367. The Morgan fingerprint density at radius 2 is 1.84 bits per heavy atom. The Bertz CT molecular complexity index is 1740. The van der Waals surface area contributed by atoms with Crippen molar-refractivity contribution in [1.82, 2.24) is 29.5 Å². The van der Waals surface area contributed by atoms with E-state index in [0.29, 0.717) is 47.6 Å². The Labute approximate surface area is 251 Å². The lowest BCUT2D eigenvalue weighted by molar-refractivity contribution is -0.131. The van der Waals surface area contributed by atoms with Crippen molar-refractivity contribution in [3.05, 3.63) is 70.3 Å². The van der Waals surface area contributed by atoms with Gasteiger partial charge >= 0.3 is 12.7 Å². The predicted molar refractivity (Wildman–Crippen MR) is 159 cm³/mol. The van der Waals surface area contributed by atoms with Crippen LogP contribution in [0, 0.1) is 0 Å². The van der Waals surface area contributed by atoms with E-state index in [-0.39, 0.29) is 36.3 Å². The van der Waals surface area contributed by atoms with Crippen molar-refractivity contribution < 1.29 is 27.8 Å². The molecule has 4 aromatic rings. The quantitative estimate of drug-likeness (QED) is 0.323. The molecular weight excluding hydrogens is 576 g/mol. The van der Waals surface area contributed by atoms with E-state index in [2.05, 4.69) is 20.0 Å². The summed E-state index contributed by atoms with van der Waals surface area (Å²) in [7, 11) is 2.84. The number of ether oxygens (including phenoxy) is 2. The van der Waals surface area contributed by atoms with Crippen LogP contribution in [0.1, 0.15) is 25.0 Å². The first-order valence-electron chi connectivity index (χ1n) is 14.0. The fourth-order valence-corrected chi connectivity index (χ4v) is 5.47. The number of alkyl carbamates (subject to hydrolysis) is 1. The molecular formula is C30H33F2N7O5. The van der Waals surface area contributed by atoms with Crippen molar-refractivity contribution in [2.24, 2.45) is 7.05 Å². The number of aromatic nitrogens is 4. The molecule has 2 aromatic carbocycles. The van der Waals surface area contributed by atoms with Crippen LogP contribution >= 0.6 is 0 Å². The number of benzene rings is 2. The Morgan fingerprint density at radius 1 is 1.09 bits per heavy atom. The van der Waals surface area contributed by atoms with Gasteiger partial charge in [0.05, 0.1) is 24.6 Å². The molecule has 1 saturated heterocycles. The average Bonchev–Trinajstić information content (AvgIpc) is 3.24. The number of amides is 2. The molecule has 14 heteroatoms. The second kappa shape index (κ2) is 12.7. The summed E-state index contributed by atoms with van der Waals surface area (Å²) in [4.78, 5) is 49.5. The van der Waals surface area contributed by atoms with Crippen molar-refractivity contribution in [1.29, 1.82) is 0 Å². The van der Waals surface area contributed by atoms with Gasteiger partial charge in [0.2, 0.25) is 11.9 Å². The molecule has 2 aromatic heterocycles. The van der Waals surface area contributed by atoms with Gasteiger partial charge in [-0.25, -0.2) is 14.8 Å². The number of alkyl halides is 2. The molecule has 3 heterocycles. The van der Waals surface area contributed by atoms with Crippen LogP contribution in [-0.4, -0.2) is 75.6 Å². The van der Waals surface area contributed by atoms with Gasteiger partial charge in [0.25, 0.3) is 5.56 Å². The predicted octanol–water partition coefficient (Wildman–Crippen LogP) is 3.36. The van der Waals surface area contributed by atoms with E-state index < -0.39 is 12.7 Å². The molecule has 0 radical (unpaired) electrons. The number of nitrogens with one attached hydrogen (secondary N) is 1. The first-order valence-corrected chi connectivity index (χ1v) is 14.0. The Kier molecular flexibility index (Phi) is 8.78. The Balaban J connectivity index is 1.44. The van der Waals surface area contributed by atoms with Gasteiger partial charge in [-0.1, -0.05) is 12.1 Å². The number of halogens is 2. The maximum absolute atomic E-state index is 13.2. The molecule has 1 atom stereocenters. The zero-order valence-electron chi connectivity index (χ0n) is 24.8. The zero-order chi connectivity index (χ0) is 31.5. The number of carbonyl (C=O) groups is 2. The van der Waals surface area contributed by atoms with Gasteiger partial charge in [0.15, 0.2) is 0 Å². The van der Waals surface area contributed by atoms with Crippen molar-refractivity contribution in [3.8, 4) is 16.9 Å². The summed E-state index contributed by atoms with van der Waals surface area (Å²) in [6, 6.07) is 10.0. The molecule has 1 unspecified atom stereocenters. The van der Waals surface area contributed by atoms with E-state index in [0.717, 1.165) is 11.1 Å². The highest BCUT2D eigenvalue weighted by Crippen LogP contribution is 2.28. The molecule has 0 bridgehead atoms. The number of hydrogen-bond donors (Lipinski definition) is 1.